The summed E-state index contributed by atoms with van der Waals surface area (Å²) in [6.07, 6.45) is 1.23. The van der Waals surface area contributed by atoms with E-state index in [-0.39, 0.29) is 5.76 Å². The van der Waals surface area contributed by atoms with Crippen LogP contribution >= 0.6 is 0 Å². The predicted octanol–water partition coefficient (Wildman–Crippen LogP) is 2.72. The van der Waals surface area contributed by atoms with Crippen molar-refractivity contribution in [2.24, 2.45) is 0 Å². The summed E-state index contributed by atoms with van der Waals surface area (Å²) in [6.45, 7) is 0. The van der Waals surface area contributed by atoms with E-state index in [9.17, 15) is 23.7 Å². The minimum Gasteiger partial charge on any atom is -0.459 e. The number of nitrogens with zero attached hydrogens (tertiary/aromatic N) is 1. The molecule has 2 rings (SSSR count). The van der Waals surface area contributed by atoms with Gasteiger partial charge in [0.25, 0.3) is 5.91 Å². The Kier molecular flexibility index (Phi) is 3.23. The second-order valence-electron chi connectivity index (χ2n) is 3.47. The monoisotopic (exact) mass is 268 g/mol. The Morgan fingerprint density at radius 2 is 2.05 bits per heavy atom. The minimum atomic E-state index is -1.32. The Morgan fingerprint density at radius 3 is 2.63 bits per heavy atom. The molecule has 0 bridgehead atoms. The van der Waals surface area contributed by atoms with Gasteiger partial charge in [-0.05, 0) is 12.1 Å². The summed E-state index contributed by atoms with van der Waals surface area (Å²) < 4.78 is 31.2. The lowest BCUT2D eigenvalue weighted by molar-refractivity contribution is -0.387. The number of nitro benzene ring substituents is 1. The van der Waals surface area contributed by atoms with Crippen LogP contribution in [0.3, 0.4) is 0 Å². The van der Waals surface area contributed by atoms with E-state index in [0.717, 1.165) is 0 Å². The van der Waals surface area contributed by atoms with Gasteiger partial charge in [-0.15, -0.1) is 0 Å². The van der Waals surface area contributed by atoms with Gasteiger partial charge in [-0.2, -0.15) is 4.39 Å². The third-order valence-electron chi connectivity index (χ3n) is 2.23. The minimum absolute atomic E-state index is 0.105. The molecule has 2 aromatic rings. The van der Waals surface area contributed by atoms with Crippen molar-refractivity contribution in [3.63, 3.8) is 0 Å². The summed E-state index contributed by atoms with van der Waals surface area (Å²) in [5, 5.41) is 12.6. The number of furan rings is 1. The summed E-state index contributed by atoms with van der Waals surface area (Å²) in [5.74, 6) is -3.35. The van der Waals surface area contributed by atoms with Crippen molar-refractivity contribution in [2.75, 3.05) is 5.32 Å². The van der Waals surface area contributed by atoms with Gasteiger partial charge in [0.15, 0.2) is 5.76 Å². The summed E-state index contributed by atoms with van der Waals surface area (Å²) in [6, 6.07) is 3.70. The number of anilines is 1. The molecule has 98 valence electrons. The molecule has 0 aliphatic carbocycles. The molecular formula is C11H6F2N2O4. The van der Waals surface area contributed by atoms with Crippen LogP contribution in [0.2, 0.25) is 0 Å². The molecule has 0 fully saturated rings. The molecular weight excluding hydrogens is 262 g/mol. The Morgan fingerprint density at radius 1 is 1.32 bits per heavy atom. The Balaban J connectivity index is 2.32. The molecule has 1 N–H and O–H groups in total. The van der Waals surface area contributed by atoms with Crippen molar-refractivity contribution in [3.8, 4) is 0 Å². The van der Waals surface area contributed by atoms with E-state index in [1.807, 2.05) is 0 Å². The zero-order valence-electron chi connectivity index (χ0n) is 9.22. The second-order valence-corrected chi connectivity index (χ2v) is 3.47. The first kappa shape index (κ1) is 12.7. The number of amides is 1. The van der Waals surface area contributed by atoms with Gasteiger partial charge in [0, 0.05) is 12.1 Å². The fraction of sp³-hybridized carbons (Fsp3) is 0. The van der Waals surface area contributed by atoms with Gasteiger partial charge in [0.2, 0.25) is 5.82 Å². The molecule has 0 atom stereocenters. The predicted molar refractivity (Wildman–Crippen MR) is 59.7 cm³/mol. The Hall–Kier alpha value is -2.77. The van der Waals surface area contributed by atoms with Crippen LogP contribution in [0.25, 0.3) is 0 Å². The van der Waals surface area contributed by atoms with Gasteiger partial charge in [0.05, 0.1) is 16.9 Å². The number of hydrogen-bond donors (Lipinski definition) is 1. The first-order valence-electron chi connectivity index (χ1n) is 4.97. The molecule has 1 aromatic carbocycles. The fourth-order valence-electron chi connectivity index (χ4n) is 1.36. The van der Waals surface area contributed by atoms with Crippen LogP contribution in [0, 0.1) is 21.7 Å². The molecule has 0 radical (unpaired) electrons. The second kappa shape index (κ2) is 4.84. The van der Waals surface area contributed by atoms with E-state index < -0.39 is 33.8 Å². The fourth-order valence-corrected chi connectivity index (χ4v) is 1.36. The third-order valence-corrected chi connectivity index (χ3v) is 2.23. The van der Waals surface area contributed by atoms with E-state index in [0.29, 0.717) is 12.1 Å². The molecule has 0 aliphatic rings. The molecule has 0 unspecified atom stereocenters. The molecule has 0 saturated heterocycles. The third kappa shape index (κ3) is 2.57. The smallest absolute Gasteiger partial charge is 0.307 e. The maximum absolute atomic E-state index is 13.4. The van der Waals surface area contributed by atoms with Crippen molar-refractivity contribution >= 4 is 17.3 Å². The van der Waals surface area contributed by atoms with Crippen molar-refractivity contribution in [2.45, 2.75) is 0 Å². The highest BCUT2D eigenvalue weighted by molar-refractivity contribution is 6.02. The van der Waals surface area contributed by atoms with Crippen molar-refractivity contribution < 1.29 is 22.9 Å². The van der Waals surface area contributed by atoms with Gasteiger partial charge in [0.1, 0.15) is 5.82 Å². The summed E-state index contributed by atoms with van der Waals surface area (Å²) in [7, 11) is 0. The standard InChI is InChI=1S/C11H6F2N2O4/c12-6-4-7(13)9(15(17)18)5-8(6)14-11(16)10-2-1-3-19-10/h1-5H,(H,14,16). The van der Waals surface area contributed by atoms with E-state index >= 15 is 0 Å². The number of nitrogens with one attached hydrogen (secondary N) is 1. The summed E-state index contributed by atoms with van der Waals surface area (Å²) >= 11 is 0. The molecule has 0 saturated carbocycles. The van der Waals surface area contributed by atoms with Crippen LogP contribution in [0.5, 0.6) is 0 Å². The number of carbonyl (C=O) groups is 1. The molecule has 8 heteroatoms. The zero-order chi connectivity index (χ0) is 14.0. The van der Waals surface area contributed by atoms with E-state index in [1.165, 1.54) is 18.4 Å². The molecule has 0 aliphatic heterocycles. The highest BCUT2D eigenvalue weighted by Crippen LogP contribution is 2.25. The van der Waals surface area contributed by atoms with Crippen LogP contribution in [0.15, 0.2) is 34.9 Å². The van der Waals surface area contributed by atoms with Crippen molar-refractivity contribution in [1.82, 2.24) is 0 Å². The van der Waals surface area contributed by atoms with Gasteiger partial charge < -0.3 is 9.73 Å². The SMILES string of the molecule is O=C(Nc1cc([N+](=O)[O-])c(F)cc1F)c1ccco1. The zero-order valence-corrected chi connectivity index (χ0v) is 9.22. The van der Waals surface area contributed by atoms with Crippen LogP contribution in [0.4, 0.5) is 20.2 Å². The highest BCUT2D eigenvalue weighted by Gasteiger charge is 2.20. The summed E-state index contributed by atoms with van der Waals surface area (Å²) in [5.41, 5.74) is -1.44. The number of hydrogen-bond acceptors (Lipinski definition) is 4. The average Bonchev–Trinajstić information content (AvgIpc) is 2.85. The van der Waals surface area contributed by atoms with Crippen LogP contribution in [0.1, 0.15) is 10.6 Å². The molecule has 1 amide bonds. The van der Waals surface area contributed by atoms with E-state index in [2.05, 4.69) is 5.32 Å². The molecule has 1 heterocycles. The topological polar surface area (TPSA) is 85.4 Å². The molecule has 1 aromatic heterocycles. The van der Waals surface area contributed by atoms with E-state index in [1.54, 1.807) is 0 Å². The number of halogens is 2. The van der Waals surface area contributed by atoms with Crippen LogP contribution < -0.4 is 5.32 Å². The maximum Gasteiger partial charge on any atom is 0.307 e. The van der Waals surface area contributed by atoms with Crippen molar-refractivity contribution in [3.05, 3.63) is 58.0 Å². The van der Waals surface area contributed by atoms with Gasteiger partial charge in [-0.25, -0.2) is 4.39 Å². The Bertz CT molecular complexity index is 640. The van der Waals surface area contributed by atoms with Crippen LogP contribution in [-0.2, 0) is 0 Å². The van der Waals surface area contributed by atoms with Gasteiger partial charge in [-0.3, -0.25) is 14.9 Å². The van der Waals surface area contributed by atoms with E-state index in [4.69, 9.17) is 4.42 Å². The number of rotatable bonds is 3. The first-order chi connectivity index (χ1) is 8.99. The first-order valence-corrected chi connectivity index (χ1v) is 4.97. The lowest BCUT2D eigenvalue weighted by Crippen LogP contribution is -2.12. The number of nitro groups is 1. The van der Waals surface area contributed by atoms with Crippen molar-refractivity contribution in [1.29, 1.82) is 0 Å². The summed E-state index contributed by atoms with van der Waals surface area (Å²) in [4.78, 5) is 21.1. The average molecular weight is 268 g/mol. The molecule has 6 nitrogen and oxygen atoms in total. The number of benzene rings is 1. The quantitative estimate of drug-likeness (QED) is 0.685. The highest BCUT2D eigenvalue weighted by atomic mass is 19.1. The Labute approximate surface area is 104 Å². The number of carbonyl (C=O) groups excluding carboxylic acids is 1. The lowest BCUT2D eigenvalue weighted by atomic mass is 10.2. The normalized spacial score (nSPS) is 10.2. The lowest BCUT2D eigenvalue weighted by Gasteiger charge is -2.05. The molecule has 0 spiro atoms. The van der Waals surface area contributed by atoms with Gasteiger partial charge in [-0.1, -0.05) is 0 Å². The van der Waals surface area contributed by atoms with Crippen LogP contribution in [-0.4, -0.2) is 10.8 Å². The maximum atomic E-state index is 13.4. The van der Waals surface area contributed by atoms with Gasteiger partial charge >= 0.3 is 5.69 Å². The largest absolute Gasteiger partial charge is 0.459 e. The molecule has 19 heavy (non-hydrogen) atoms.